The lowest BCUT2D eigenvalue weighted by atomic mass is 10.1. The zero-order chi connectivity index (χ0) is 13.7. The minimum atomic E-state index is -0.546. The zero-order valence-corrected chi connectivity index (χ0v) is 11.5. The van der Waals surface area contributed by atoms with Gasteiger partial charge in [-0.3, -0.25) is 9.48 Å². The molecule has 0 fully saturated rings. The maximum atomic E-state index is 11.9. The van der Waals surface area contributed by atoms with Crippen LogP contribution >= 0.6 is 0 Å². The summed E-state index contributed by atoms with van der Waals surface area (Å²) in [6, 6.07) is 0. The molecule has 6 heteroatoms. The Morgan fingerprint density at radius 2 is 2.17 bits per heavy atom. The van der Waals surface area contributed by atoms with Gasteiger partial charge in [0.15, 0.2) is 5.69 Å². The maximum Gasteiger partial charge on any atom is 0.275 e. The predicted molar refractivity (Wildman–Crippen MR) is 68.1 cm³/mol. The van der Waals surface area contributed by atoms with Gasteiger partial charge in [0.25, 0.3) is 5.91 Å². The number of aliphatic hydroxyl groups excluding tert-OH is 1. The van der Waals surface area contributed by atoms with Crippen molar-refractivity contribution in [2.75, 3.05) is 13.6 Å². The van der Waals surface area contributed by atoms with Crippen LogP contribution in [0, 0.1) is 5.92 Å². The van der Waals surface area contributed by atoms with E-state index in [2.05, 4.69) is 24.2 Å². The lowest BCUT2D eigenvalue weighted by Crippen LogP contribution is -2.33. The molecule has 0 radical (unpaired) electrons. The monoisotopic (exact) mass is 254 g/mol. The number of carbonyl (C=O) groups excluding carboxylic acids is 1. The highest BCUT2D eigenvalue weighted by atomic mass is 16.3. The molecule has 1 rings (SSSR count). The average Bonchev–Trinajstić information content (AvgIpc) is 2.72. The van der Waals surface area contributed by atoms with Gasteiger partial charge in [-0.1, -0.05) is 19.1 Å². The van der Waals surface area contributed by atoms with Gasteiger partial charge in [0.1, 0.15) is 0 Å². The Bertz CT molecular complexity index is 387. The van der Waals surface area contributed by atoms with Crippen LogP contribution in [0.25, 0.3) is 0 Å². The predicted octanol–water partition coefficient (Wildman–Crippen LogP) is 0.777. The van der Waals surface area contributed by atoms with Crippen molar-refractivity contribution in [1.29, 1.82) is 0 Å². The summed E-state index contributed by atoms with van der Waals surface area (Å²) in [5, 5.41) is 17.0. The van der Waals surface area contributed by atoms with Crippen molar-refractivity contribution in [2.45, 2.75) is 39.8 Å². The molecule has 1 aromatic rings. The SMILES string of the molecule is CC(C)CCn1cc(C(=O)N(C)CC(C)O)nn1. The van der Waals surface area contributed by atoms with Crippen molar-refractivity contribution in [3.8, 4) is 0 Å². The van der Waals surface area contributed by atoms with E-state index in [-0.39, 0.29) is 12.5 Å². The molecule has 102 valence electrons. The Labute approximate surface area is 108 Å². The third-order valence-corrected chi connectivity index (χ3v) is 2.58. The molecule has 0 aliphatic carbocycles. The first-order valence-corrected chi connectivity index (χ1v) is 6.23. The topological polar surface area (TPSA) is 71.2 Å². The van der Waals surface area contributed by atoms with E-state index in [1.54, 1.807) is 24.9 Å². The van der Waals surface area contributed by atoms with Gasteiger partial charge in [0.2, 0.25) is 0 Å². The summed E-state index contributed by atoms with van der Waals surface area (Å²) in [4.78, 5) is 13.4. The molecule has 0 aromatic carbocycles. The van der Waals surface area contributed by atoms with Crippen LogP contribution in [-0.4, -0.2) is 50.6 Å². The number of hydrogen-bond acceptors (Lipinski definition) is 4. The number of likely N-dealkylation sites (N-methyl/N-ethyl adjacent to an activating group) is 1. The summed E-state index contributed by atoms with van der Waals surface area (Å²) in [7, 11) is 1.64. The summed E-state index contributed by atoms with van der Waals surface area (Å²) in [6.07, 6.45) is 2.11. The fourth-order valence-electron chi connectivity index (χ4n) is 1.57. The van der Waals surface area contributed by atoms with Crippen LogP contribution in [0.5, 0.6) is 0 Å². The molecular formula is C12H22N4O2. The molecule has 0 bridgehead atoms. The zero-order valence-electron chi connectivity index (χ0n) is 11.5. The molecule has 0 aliphatic heterocycles. The molecule has 18 heavy (non-hydrogen) atoms. The van der Waals surface area contributed by atoms with E-state index >= 15 is 0 Å². The number of aromatic nitrogens is 3. The van der Waals surface area contributed by atoms with E-state index in [0.29, 0.717) is 11.6 Å². The Hall–Kier alpha value is -1.43. The highest BCUT2D eigenvalue weighted by molar-refractivity contribution is 5.91. The highest BCUT2D eigenvalue weighted by Crippen LogP contribution is 2.04. The van der Waals surface area contributed by atoms with Gasteiger partial charge in [0.05, 0.1) is 12.3 Å². The fourth-order valence-corrected chi connectivity index (χ4v) is 1.57. The van der Waals surface area contributed by atoms with Crippen LogP contribution in [0.4, 0.5) is 0 Å². The Morgan fingerprint density at radius 1 is 1.50 bits per heavy atom. The van der Waals surface area contributed by atoms with Gasteiger partial charge < -0.3 is 10.0 Å². The standard InChI is InChI=1S/C12H22N4O2/c1-9(2)5-6-16-8-11(13-14-16)12(18)15(4)7-10(3)17/h8-10,17H,5-7H2,1-4H3. The number of hydrogen-bond donors (Lipinski definition) is 1. The van der Waals surface area contributed by atoms with Crippen molar-refractivity contribution in [1.82, 2.24) is 19.9 Å². The van der Waals surface area contributed by atoms with Gasteiger partial charge in [-0.05, 0) is 19.3 Å². The van der Waals surface area contributed by atoms with Gasteiger partial charge in [-0.25, -0.2) is 0 Å². The number of amides is 1. The minimum absolute atomic E-state index is 0.216. The summed E-state index contributed by atoms with van der Waals surface area (Å²) >= 11 is 0. The number of aryl methyl sites for hydroxylation is 1. The van der Waals surface area contributed by atoms with E-state index < -0.39 is 6.10 Å². The Balaban J connectivity index is 2.59. The molecule has 1 atom stereocenters. The van der Waals surface area contributed by atoms with Gasteiger partial charge in [0, 0.05) is 20.1 Å². The van der Waals surface area contributed by atoms with Gasteiger partial charge >= 0.3 is 0 Å². The molecule has 0 saturated heterocycles. The molecule has 1 amide bonds. The van der Waals surface area contributed by atoms with Crippen LogP contribution in [0.2, 0.25) is 0 Å². The first-order chi connectivity index (χ1) is 8.40. The van der Waals surface area contributed by atoms with Crippen LogP contribution in [0.1, 0.15) is 37.7 Å². The number of carbonyl (C=O) groups is 1. The molecule has 1 unspecified atom stereocenters. The lowest BCUT2D eigenvalue weighted by molar-refractivity contribution is 0.0698. The van der Waals surface area contributed by atoms with Crippen molar-refractivity contribution in [3.05, 3.63) is 11.9 Å². The molecular weight excluding hydrogens is 232 g/mol. The summed E-state index contributed by atoms with van der Waals surface area (Å²) < 4.78 is 1.68. The smallest absolute Gasteiger partial charge is 0.275 e. The molecule has 0 aliphatic rings. The molecule has 0 saturated carbocycles. The highest BCUT2D eigenvalue weighted by Gasteiger charge is 2.16. The number of aliphatic hydroxyl groups is 1. The van der Waals surface area contributed by atoms with E-state index in [0.717, 1.165) is 13.0 Å². The van der Waals surface area contributed by atoms with Crippen molar-refractivity contribution < 1.29 is 9.90 Å². The van der Waals surface area contributed by atoms with Crippen LogP contribution in [0.3, 0.4) is 0 Å². The van der Waals surface area contributed by atoms with E-state index in [4.69, 9.17) is 0 Å². The van der Waals surface area contributed by atoms with Crippen LogP contribution in [-0.2, 0) is 6.54 Å². The van der Waals surface area contributed by atoms with Gasteiger partial charge in [-0.2, -0.15) is 0 Å². The second-order valence-corrected chi connectivity index (χ2v) is 5.08. The van der Waals surface area contributed by atoms with E-state index in [9.17, 15) is 9.90 Å². The van der Waals surface area contributed by atoms with Crippen LogP contribution in [0.15, 0.2) is 6.20 Å². The molecule has 0 spiro atoms. The van der Waals surface area contributed by atoms with Crippen molar-refractivity contribution in [3.63, 3.8) is 0 Å². The maximum absolute atomic E-state index is 11.9. The average molecular weight is 254 g/mol. The van der Waals surface area contributed by atoms with E-state index in [1.807, 2.05) is 0 Å². The van der Waals surface area contributed by atoms with Gasteiger partial charge in [-0.15, -0.1) is 5.10 Å². The first-order valence-electron chi connectivity index (χ1n) is 6.23. The quantitative estimate of drug-likeness (QED) is 0.814. The van der Waals surface area contributed by atoms with Crippen LogP contribution < -0.4 is 0 Å². The fraction of sp³-hybridized carbons (Fsp3) is 0.750. The third kappa shape index (κ3) is 4.44. The summed E-state index contributed by atoms with van der Waals surface area (Å²) in [5.41, 5.74) is 0.321. The molecule has 1 aromatic heterocycles. The second kappa shape index (κ2) is 6.49. The molecule has 1 heterocycles. The largest absolute Gasteiger partial charge is 0.392 e. The minimum Gasteiger partial charge on any atom is -0.392 e. The first kappa shape index (κ1) is 14.6. The van der Waals surface area contributed by atoms with E-state index in [1.165, 1.54) is 4.90 Å². The second-order valence-electron chi connectivity index (χ2n) is 5.08. The third-order valence-electron chi connectivity index (χ3n) is 2.58. The summed E-state index contributed by atoms with van der Waals surface area (Å²) in [5.74, 6) is 0.373. The Kier molecular flexibility index (Phi) is 5.27. The van der Waals surface area contributed by atoms with Crippen molar-refractivity contribution >= 4 is 5.91 Å². The normalized spacial score (nSPS) is 12.8. The molecule has 1 N–H and O–H groups in total. The summed E-state index contributed by atoms with van der Waals surface area (Å²) in [6.45, 7) is 6.97. The Morgan fingerprint density at radius 3 is 2.72 bits per heavy atom. The number of nitrogens with zero attached hydrogens (tertiary/aromatic N) is 4. The lowest BCUT2D eigenvalue weighted by Gasteiger charge is -2.16. The van der Waals surface area contributed by atoms with Crippen molar-refractivity contribution in [2.24, 2.45) is 5.92 Å². The molecule has 6 nitrogen and oxygen atoms in total. The number of rotatable bonds is 6.